The van der Waals surface area contributed by atoms with Gasteiger partial charge in [-0.25, -0.2) is 18.4 Å². The number of nitrogens with one attached hydrogen (secondary N) is 2. The molecule has 1 aliphatic carbocycles. The van der Waals surface area contributed by atoms with Gasteiger partial charge in [-0.1, -0.05) is 6.07 Å². The second-order valence-electron chi connectivity index (χ2n) is 8.29. The standard InChI is InChI=1S/C24H24N6O3S/c1-3-34(32,33)29-18-11-9-17(10-12-18)26-24(31)19-14-20(16-7-8-16)27-23-22(19)15(2)28-30(23)21-6-4-5-13-25-21/h4-6,9-14,16,29H,3,7-8H2,1-2H3,(H,26,31). The summed E-state index contributed by atoms with van der Waals surface area (Å²) >= 11 is 0. The van der Waals surface area contributed by atoms with E-state index in [-0.39, 0.29) is 11.7 Å². The number of nitrogens with zero attached hydrogens (tertiary/aromatic N) is 4. The quantitative estimate of drug-likeness (QED) is 0.416. The third-order valence-corrected chi connectivity index (χ3v) is 7.04. The highest BCUT2D eigenvalue weighted by atomic mass is 32.2. The van der Waals surface area contributed by atoms with Gasteiger partial charge in [-0.05, 0) is 69.2 Å². The van der Waals surface area contributed by atoms with Gasteiger partial charge in [0.15, 0.2) is 11.5 Å². The van der Waals surface area contributed by atoms with Crippen molar-refractivity contribution in [1.82, 2.24) is 19.7 Å². The summed E-state index contributed by atoms with van der Waals surface area (Å²) < 4.78 is 27.7. The number of hydrogen-bond donors (Lipinski definition) is 2. The minimum absolute atomic E-state index is 0.0155. The maximum absolute atomic E-state index is 13.4. The van der Waals surface area contributed by atoms with Gasteiger partial charge in [0.05, 0.1) is 22.4 Å². The van der Waals surface area contributed by atoms with Crippen LogP contribution in [0, 0.1) is 6.92 Å². The summed E-state index contributed by atoms with van der Waals surface area (Å²) in [6.45, 7) is 3.42. The Labute approximate surface area is 197 Å². The van der Waals surface area contributed by atoms with Gasteiger partial charge >= 0.3 is 0 Å². The van der Waals surface area contributed by atoms with Crippen molar-refractivity contribution in [3.05, 3.63) is 71.7 Å². The predicted octanol–water partition coefficient (Wildman–Crippen LogP) is 4.02. The van der Waals surface area contributed by atoms with Crippen LogP contribution in [0.3, 0.4) is 0 Å². The van der Waals surface area contributed by atoms with E-state index < -0.39 is 10.0 Å². The molecule has 1 aliphatic rings. The first-order valence-electron chi connectivity index (χ1n) is 11.1. The number of carbonyl (C=O) groups excluding carboxylic acids is 1. The average molecular weight is 477 g/mol. The van der Waals surface area contributed by atoms with Crippen LogP contribution in [0.25, 0.3) is 16.9 Å². The molecule has 174 valence electrons. The van der Waals surface area contributed by atoms with Gasteiger partial charge in [0.2, 0.25) is 10.0 Å². The summed E-state index contributed by atoms with van der Waals surface area (Å²) in [5, 5.41) is 8.23. The Kier molecular flexibility index (Phi) is 5.52. The number of rotatable bonds is 7. The normalized spacial score (nSPS) is 13.7. The van der Waals surface area contributed by atoms with Crippen molar-refractivity contribution in [1.29, 1.82) is 0 Å². The molecule has 0 bridgehead atoms. The number of hydrogen-bond acceptors (Lipinski definition) is 6. The molecule has 0 spiro atoms. The number of benzene rings is 1. The van der Waals surface area contributed by atoms with Gasteiger partial charge in [-0.3, -0.25) is 9.52 Å². The van der Waals surface area contributed by atoms with Crippen LogP contribution in [0.2, 0.25) is 0 Å². The Morgan fingerprint density at radius 3 is 2.50 bits per heavy atom. The van der Waals surface area contributed by atoms with Crippen molar-refractivity contribution >= 4 is 38.3 Å². The second-order valence-corrected chi connectivity index (χ2v) is 10.3. The van der Waals surface area contributed by atoms with E-state index in [0.29, 0.717) is 45.4 Å². The van der Waals surface area contributed by atoms with E-state index in [0.717, 1.165) is 18.5 Å². The van der Waals surface area contributed by atoms with Gasteiger partial charge in [0, 0.05) is 29.2 Å². The van der Waals surface area contributed by atoms with Gasteiger partial charge < -0.3 is 5.32 Å². The number of pyridine rings is 2. The fourth-order valence-corrected chi connectivity index (χ4v) is 4.43. The van der Waals surface area contributed by atoms with Crippen molar-refractivity contribution < 1.29 is 13.2 Å². The number of aromatic nitrogens is 4. The summed E-state index contributed by atoms with van der Waals surface area (Å²) in [4.78, 5) is 22.6. The Hall–Kier alpha value is -3.79. The smallest absolute Gasteiger partial charge is 0.256 e. The SMILES string of the molecule is CCS(=O)(=O)Nc1ccc(NC(=O)c2cc(C3CC3)nc3c2c(C)nn3-c2ccccn2)cc1. The number of aryl methyl sites for hydroxylation is 1. The molecule has 3 aromatic heterocycles. The zero-order valence-corrected chi connectivity index (χ0v) is 19.6. The minimum Gasteiger partial charge on any atom is -0.322 e. The number of amides is 1. The molecular weight excluding hydrogens is 452 g/mol. The Morgan fingerprint density at radius 1 is 1.12 bits per heavy atom. The zero-order valence-electron chi connectivity index (χ0n) is 18.8. The highest BCUT2D eigenvalue weighted by molar-refractivity contribution is 7.92. The van der Waals surface area contributed by atoms with Crippen molar-refractivity contribution in [2.45, 2.75) is 32.6 Å². The third-order valence-electron chi connectivity index (χ3n) is 5.74. The number of sulfonamides is 1. The molecule has 0 radical (unpaired) electrons. The molecule has 4 aromatic rings. The lowest BCUT2D eigenvalue weighted by atomic mass is 10.1. The minimum atomic E-state index is -3.37. The molecule has 1 amide bonds. The fourth-order valence-electron chi connectivity index (χ4n) is 3.79. The Balaban J connectivity index is 1.50. The van der Waals surface area contributed by atoms with Crippen LogP contribution >= 0.6 is 0 Å². The van der Waals surface area contributed by atoms with Crippen molar-refractivity contribution in [2.24, 2.45) is 0 Å². The monoisotopic (exact) mass is 476 g/mol. The lowest BCUT2D eigenvalue weighted by Gasteiger charge is -2.11. The van der Waals surface area contributed by atoms with Crippen LogP contribution in [-0.4, -0.2) is 39.8 Å². The molecular formula is C24H24N6O3S. The maximum Gasteiger partial charge on any atom is 0.256 e. The first-order valence-corrected chi connectivity index (χ1v) is 12.7. The Morgan fingerprint density at radius 2 is 1.85 bits per heavy atom. The fraction of sp³-hybridized carbons (Fsp3) is 0.250. The van der Waals surface area contributed by atoms with Crippen LogP contribution < -0.4 is 10.0 Å². The topological polar surface area (TPSA) is 119 Å². The van der Waals surface area contributed by atoms with E-state index in [2.05, 4.69) is 20.1 Å². The summed E-state index contributed by atoms with van der Waals surface area (Å²) in [7, 11) is -3.37. The van der Waals surface area contributed by atoms with E-state index >= 15 is 0 Å². The molecule has 1 saturated carbocycles. The highest BCUT2D eigenvalue weighted by Crippen LogP contribution is 2.40. The summed E-state index contributed by atoms with van der Waals surface area (Å²) in [6, 6.07) is 14.0. The number of fused-ring (bicyclic) bond motifs is 1. The summed E-state index contributed by atoms with van der Waals surface area (Å²) in [5.74, 6) is 0.685. The molecule has 5 rings (SSSR count). The molecule has 0 saturated heterocycles. The molecule has 0 unspecified atom stereocenters. The zero-order chi connectivity index (χ0) is 23.9. The van der Waals surface area contributed by atoms with E-state index in [1.165, 1.54) is 0 Å². The van der Waals surface area contributed by atoms with Crippen molar-refractivity contribution in [3.63, 3.8) is 0 Å². The van der Waals surface area contributed by atoms with Gasteiger partial charge in [0.25, 0.3) is 5.91 Å². The van der Waals surface area contributed by atoms with E-state index in [4.69, 9.17) is 4.98 Å². The van der Waals surface area contributed by atoms with Crippen LogP contribution in [0.5, 0.6) is 0 Å². The van der Waals surface area contributed by atoms with Crippen LogP contribution in [0.15, 0.2) is 54.7 Å². The number of carbonyl (C=O) groups is 1. The lowest BCUT2D eigenvalue weighted by molar-refractivity contribution is 0.102. The van der Waals surface area contributed by atoms with Gasteiger partial charge in [0.1, 0.15) is 0 Å². The predicted molar refractivity (Wildman–Crippen MR) is 131 cm³/mol. The third kappa shape index (κ3) is 4.36. The van der Waals surface area contributed by atoms with Crippen LogP contribution in [-0.2, 0) is 10.0 Å². The molecule has 0 aliphatic heterocycles. The maximum atomic E-state index is 13.4. The van der Waals surface area contributed by atoms with Gasteiger partial charge in [-0.2, -0.15) is 9.78 Å². The summed E-state index contributed by atoms with van der Waals surface area (Å²) in [6.07, 6.45) is 3.79. The van der Waals surface area contributed by atoms with Crippen LogP contribution in [0.1, 0.15) is 47.4 Å². The highest BCUT2D eigenvalue weighted by Gasteiger charge is 2.29. The molecule has 0 atom stereocenters. The van der Waals surface area contributed by atoms with E-state index in [1.807, 2.05) is 31.2 Å². The second kappa shape index (κ2) is 8.53. The Bertz CT molecular complexity index is 1480. The number of anilines is 2. The van der Waals surface area contributed by atoms with Gasteiger partial charge in [-0.15, -0.1) is 0 Å². The lowest BCUT2D eigenvalue weighted by Crippen LogP contribution is -2.15. The molecule has 9 nitrogen and oxygen atoms in total. The van der Waals surface area contributed by atoms with Crippen molar-refractivity contribution in [3.8, 4) is 5.82 Å². The average Bonchev–Trinajstić information content (AvgIpc) is 3.64. The molecule has 2 N–H and O–H groups in total. The molecule has 3 heterocycles. The first kappa shape index (κ1) is 22.0. The first-order chi connectivity index (χ1) is 16.3. The largest absolute Gasteiger partial charge is 0.322 e. The van der Waals surface area contributed by atoms with E-state index in [9.17, 15) is 13.2 Å². The van der Waals surface area contributed by atoms with Crippen molar-refractivity contribution in [2.75, 3.05) is 15.8 Å². The summed E-state index contributed by atoms with van der Waals surface area (Å²) in [5.41, 5.74) is 3.66. The molecule has 34 heavy (non-hydrogen) atoms. The molecule has 10 heteroatoms. The molecule has 1 fully saturated rings. The van der Waals surface area contributed by atoms with E-state index in [1.54, 1.807) is 42.1 Å². The van der Waals surface area contributed by atoms with Crippen LogP contribution in [0.4, 0.5) is 11.4 Å². The molecule has 1 aromatic carbocycles.